The van der Waals surface area contributed by atoms with E-state index in [-0.39, 0.29) is 30.8 Å². The number of guanidine groups is 1. The highest BCUT2D eigenvalue weighted by molar-refractivity contribution is 14.0. The molecule has 0 amide bonds. The molecule has 1 unspecified atom stereocenters. The van der Waals surface area contributed by atoms with Gasteiger partial charge >= 0.3 is 0 Å². The second-order valence-electron chi connectivity index (χ2n) is 6.66. The number of ether oxygens (including phenoxy) is 2. The molecule has 6 nitrogen and oxygen atoms in total. The molecule has 0 bridgehead atoms. The maximum absolute atomic E-state index is 10.4. The van der Waals surface area contributed by atoms with Crippen LogP contribution in [0.2, 0.25) is 0 Å². The number of halogens is 1. The van der Waals surface area contributed by atoms with E-state index in [9.17, 15) is 5.11 Å². The third-order valence-electron chi connectivity index (χ3n) is 4.43. The molecule has 0 aliphatic carbocycles. The van der Waals surface area contributed by atoms with Gasteiger partial charge in [0.05, 0.1) is 12.6 Å². The number of nitrogens with one attached hydrogen (secondary N) is 1. The highest BCUT2D eigenvalue weighted by Crippen LogP contribution is 2.32. The van der Waals surface area contributed by atoms with Crippen LogP contribution in [0.4, 0.5) is 0 Å². The topological polar surface area (TPSA) is 66.3 Å². The highest BCUT2D eigenvalue weighted by Gasteiger charge is 2.15. The van der Waals surface area contributed by atoms with Crippen molar-refractivity contribution in [2.24, 2.45) is 4.99 Å². The van der Waals surface area contributed by atoms with E-state index >= 15 is 0 Å². The first kappa shape index (κ1) is 22.3. The van der Waals surface area contributed by atoms with Crippen LogP contribution in [0, 0.1) is 6.92 Å². The molecule has 0 aromatic heterocycles. The Morgan fingerprint density at radius 3 is 2.61 bits per heavy atom. The maximum Gasteiger partial charge on any atom is 0.231 e. The Balaban J connectivity index is 0.00000280. The number of nitrogens with zero attached hydrogens (tertiary/aromatic N) is 2. The molecule has 28 heavy (non-hydrogen) atoms. The normalized spacial score (nSPS) is 13.6. The van der Waals surface area contributed by atoms with Crippen molar-refractivity contribution in [1.29, 1.82) is 0 Å². The fraction of sp³-hybridized carbons (Fsp3) is 0.381. The highest BCUT2D eigenvalue weighted by atomic mass is 127. The van der Waals surface area contributed by atoms with Crippen LogP contribution in [0.1, 0.15) is 29.7 Å². The molecule has 0 saturated heterocycles. The van der Waals surface area contributed by atoms with Crippen molar-refractivity contribution in [3.05, 3.63) is 59.2 Å². The number of benzene rings is 2. The Morgan fingerprint density at radius 2 is 1.89 bits per heavy atom. The van der Waals surface area contributed by atoms with Gasteiger partial charge in [-0.15, -0.1) is 24.0 Å². The molecule has 0 fully saturated rings. The number of hydrogen-bond acceptors (Lipinski definition) is 4. The first-order valence-corrected chi connectivity index (χ1v) is 9.19. The maximum atomic E-state index is 10.4. The van der Waals surface area contributed by atoms with Gasteiger partial charge in [-0.3, -0.25) is 4.99 Å². The van der Waals surface area contributed by atoms with Gasteiger partial charge in [0.25, 0.3) is 0 Å². The Morgan fingerprint density at radius 1 is 1.18 bits per heavy atom. The fourth-order valence-corrected chi connectivity index (χ4v) is 2.92. The number of aliphatic imine (C=N–C) groups is 1. The largest absolute Gasteiger partial charge is 0.454 e. The summed E-state index contributed by atoms with van der Waals surface area (Å²) < 4.78 is 10.8. The van der Waals surface area contributed by atoms with Crippen molar-refractivity contribution < 1.29 is 14.6 Å². The number of aryl methyl sites for hydroxylation is 1. The lowest BCUT2D eigenvalue weighted by Gasteiger charge is -2.23. The summed E-state index contributed by atoms with van der Waals surface area (Å²) in [6.07, 6.45) is -0.627. The molecular formula is C21H28IN3O3. The average molecular weight is 497 g/mol. The molecule has 152 valence electrons. The van der Waals surface area contributed by atoms with Crippen molar-refractivity contribution in [3.63, 3.8) is 0 Å². The zero-order valence-electron chi connectivity index (χ0n) is 16.5. The van der Waals surface area contributed by atoms with Crippen LogP contribution in [0.3, 0.4) is 0 Å². The lowest BCUT2D eigenvalue weighted by atomic mass is 10.1. The predicted molar refractivity (Wildman–Crippen MR) is 122 cm³/mol. The monoisotopic (exact) mass is 497 g/mol. The first-order valence-electron chi connectivity index (χ1n) is 9.19. The van der Waals surface area contributed by atoms with E-state index in [1.54, 1.807) is 0 Å². The van der Waals surface area contributed by atoms with Gasteiger partial charge in [-0.1, -0.05) is 35.9 Å². The van der Waals surface area contributed by atoms with Crippen LogP contribution in [-0.4, -0.2) is 42.9 Å². The Kier molecular flexibility index (Phi) is 8.37. The predicted octanol–water partition coefficient (Wildman–Crippen LogP) is 3.47. The molecule has 1 atom stereocenters. The summed E-state index contributed by atoms with van der Waals surface area (Å²) in [7, 11) is 1.98. The lowest BCUT2D eigenvalue weighted by Crippen LogP contribution is -2.38. The van der Waals surface area contributed by atoms with E-state index in [1.807, 2.05) is 68.3 Å². The van der Waals surface area contributed by atoms with E-state index in [1.165, 1.54) is 5.56 Å². The third kappa shape index (κ3) is 5.75. The molecule has 1 aliphatic rings. The second kappa shape index (κ2) is 10.5. The number of aliphatic hydroxyl groups excluding tert-OH is 1. The van der Waals surface area contributed by atoms with Gasteiger partial charge < -0.3 is 24.8 Å². The van der Waals surface area contributed by atoms with Gasteiger partial charge in [0.1, 0.15) is 0 Å². The van der Waals surface area contributed by atoms with Gasteiger partial charge in [-0.25, -0.2) is 0 Å². The van der Waals surface area contributed by atoms with Crippen molar-refractivity contribution >= 4 is 29.9 Å². The minimum Gasteiger partial charge on any atom is -0.454 e. The van der Waals surface area contributed by atoms with Gasteiger partial charge in [-0.2, -0.15) is 0 Å². The summed E-state index contributed by atoms with van der Waals surface area (Å²) in [5.74, 6) is 2.31. The van der Waals surface area contributed by atoms with Crippen molar-refractivity contribution in [1.82, 2.24) is 10.2 Å². The summed E-state index contributed by atoms with van der Waals surface area (Å²) >= 11 is 0. The molecule has 1 aliphatic heterocycles. The molecule has 7 heteroatoms. The van der Waals surface area contributed by atoms with Crippen LogP contribution >= 0.6 is 24.0 Å². The summed E-state index contributed by atoms with van der Waals surface area (Å²) in [6, 6.07) is 13.8. The molecule has 1 heterocycles. The van der Waals surface area contributed by atoms with E-state index in [4.69, 9.17) is 9.47 Å². The molecule has 2 N–H and O–H groups in total. The van der Waals surface area contributed by atoms with Crippen LogP contribution in [-0.2, 0) is 6.54 Å². The molecule has 0 saturated carbocycles. The summed E-state index contributed by atoms with van der Waals surface area (Å²) in [6.45, 7) is 6.06. The lowest BCUT2D eigenvalue weighted by molar-refractivity contribution is 0.174. The number of rotatable bonds is 6. The Labute approximate surface area is 183 Å². The van der Waals surface area contributed by atoms with Crippen molar-refractivity contribution in [2.45, 2.75) is 26.5 Å². The van der Waals surface area contributed by atoms with E-state index in [0.717, 1.165) is 35.1 Å². The zero-order valence-corrected chi connectivity index (χ0v) is 18.8. The van der Waals surface area contributed by atoms with Gasteiger partial charge in [0.2, 0.25) is 6.79 Å². The van der Waals surface area contributed by atoms with E-state index < -0.39 is 6.10 Å². The number of aliphatic hydroxyl groups is 1. The summed E-state index contributed by atoms with van der Waals surface area (Å²) in [5, 5.41) is 13.7. The van der Waals surface area contributed by atoms with Crippen molar-refractivity contribution in [2.75, 3.05) is 26.9 Å². The van der Waals surface area contributed by atoms with Crippen LogP contribution < -0.4 is 14.8 Å². The van der Waals surface area contributed by atoms with Gasteiger partial charge in [-0.05, 0) is 37.1 Å². The van der Waals surface area contributed by atoms with E-state index in [2.05, 4.69) is 10.3 Å². The first-order chi connectivity index (χ1) is 13.1. The standard InChI is InChI=1S/C21H27N3O3.HI/c1-4-22-21(23-12-18(25)17-8-5-15(2)6-9-17)24(3)13-16-7-10-19-20(11-16)27-14-26-19;/h5-11,18,25H,4,12-14H2,1-3H3,(H,22,23);1H. The Bertz CT molecular complexity index is 796. The second-order valence-corrected chi connectivity index (χ2v) is 6.66. The van der Waals surface area contributed by atoms with Crippen molar-refractivity contribution in [3.8, 4) is 11.5 Å². The molecular weight excluding hydrogens is 469 g/mol. The summed E-state index contributed by atoms with van der Waals surface area (Å²) in [4.78, 5) is 6.64. The zero-order chi connectivity index (χ0) is 19.2. The minimum absolute atomic E-state index is 0. The van der Waals surface area contributed by atoms with Gasteiger partial charge in [0, 0.05) is 20.1 Å². The smallest absolute Gasteiger partial charge is 0.231 e. The SMILES string of the molecule is CCNC(=NCC(O)c1ccc(C)cc1)N(C)Cc1ccc2c(c1)OCO2.I. The van der Waals surface area contributed by atoms with E-state index in [0.29, 0.717) is 13.1 Å². The Hall–Kier alpha value is -2.00. The number of fused-ring (bicyclic) bond motifs is 1. The van der Waals surface area contributed by atoms with Crippen LogP contribution in [0.5, 0.6) is 11.5 Å². The minimum atomic E-state index is -0.627. The molecule has 3 rings (SSSR count). The fourth-order valence-electron chi connectivity index (χ4n) is 2.92. The number of hydrogen-bond donors (Lipinski definition) is 2. The molecule has 2 aromatic carbocycles. The summed E-state index contributed by atoms with van der Waals surface area (Å²) in [5.41, 5.74) is 3.15. The quantitative estimate of drug-likeness (QED) is 0.364. The molecule has 0 spiro atoms. The van der Waals surface area contributed by atoms with Crippen LogP contribution in [0.25, 0.3) is 0 Å². The molecule has 2 aromatic rings. The molecule has 0 radical (unpaired) electrons. The average Bonchev–Trinajstić information content (AvgIpc) is 3.13. The van der Waals surface area contributed by atoms with Crippen LogP contribution in [0.15, 0.2) is 47.5 Å². The van der Waals surface area contributed by atoms with Gasteiger partial charge in [0.15, 0.2) is 17.5 Å². The third-order valence-corrected chi connectivity index (χ3v) is 4.43.